The number of methoxy groups -OCH3 is 1. The summed E-state index contributed by atoms with van der Waals surface area (Å²) in [4.78, 5) is 12.3. The number of nitrogens with zero attached hydrogens (tertiary/aromatic N) is 2. The molecule has 23 heavy (non-hydrogen) atoms. The molecule has 0 aliphatic heterocycles. The van der Waals surface area contributed by atoms with Crippen LogP contribution in [0.15, 0.2) is 36.4 Å². The molecule has 0 radical (unpaired) electrons. The van der Waals surface area contributed by atoms with Crippen molar-refractivity contribution < 1.29 is 9.53 Å². The molecule has 6 nitrogen and oxygen atoms in total. The zero-order chi connectivity index (χ0) is 16.1. The lowest BCUT2D eigenvalue weighted by atomic mass is 10.2. The Morgan fingerprint density at radius 1 is 1.09 bits per heavy atom. The van der Waals surface area contributed by atoms with Gasteiger partial charge in [0.15, 0.2) is 5.82 Å². The Bertz CT molecular complexity index is 667. The van der Waals surface area contributed by atoms with Crippen LogP contribution < -0.4 is 15.4 Å². The van der Waals surface area contributed by atoms with Crippen molar-refractivity contribution in [2.45, 2.75) is 31.7 Å². The highest BCUT2D eigenvalue weighted by molar-refractivity contribution is 6.05. The van der Waals surface area contributed by atoms with Gasteiger partial charge in [-0.25, -0.2) is 0 Å². The number of amides is 1. The van der Waals surface area contributed by atoms with Crippen molar-refractivity contribution in [3.05, 3.63) is 42.0 Å². The Kier molecular flexibility index (Phi) is 4.71. The van der Waals surface area contributed by atoms with E-state index in [1.54, 1.807) is 24.3 Å². The predicted octanol–water partition coefficient (Wildman–Crippen LogP) is 3.09. The molecule has 0 unspecified atom stereocenters. The average molecular weight is 312 g/mol. The molecule has 1 aromatic heterocycles. The first kappa shape index (κ1) is 15.3. The monoisotopic (exact) mass is 312 g/mol. The predicted molar refractivity (Wildman–Crippen MR) is 88.9 cm³/mol. The SMILES string of the molecule is COc1ccccc1C(=O)Nc1ccc(NC2CCCC2)nn1. The highest BCUT2D eigenvalue weighted by atomic mass is 16.5. The number of ether oxygens (including phenoxy) is 1. The number of benzene rings is 1. The van der Waals surface area contributed by atoms with E-state index in [9.17, 15) is 4.79 Å². The minimum absolute atomic E-state index is 0.270. The summed E-state index contributed by atoms with van der Waals surface area (Å²) < 4.78 is 5.19. The van der Waals surface area contributed by atoms with Gasteiger partial charge in [0.05, 0.1) is 12.7 Å². The Hall–Kier alpha value is -2.63. The smallest absolute Gasteiger partial charge is 0.260 e. The van der Waals surface area contributed by atoms with Crippen molar-refractivity contribution >= 4 is 17.5 Å². The van der Waals surface area contributed by atoms with Gasteiger partial charge in [0.25, 0.3) is 5.91 Å². The quantitative estimate of drug-likeness (QED) is 0.887. The number of aromatic nitrogens is 2. The van der Waals surface area contributed by atoms with Gasteiger partial charge in [0.2, 0.25) is 0 Å². The molecule has 120 valence electrons. The molecule has 6 heteroatoms. The molecule has 2 N–H and O–H groups in total. The lowest BCUT2D eigenvalue weighted by Gasteiger charge is -2.12. The number of hydrogen-bond acceptors (Lipinski definition) is 5. The Labute approximate surface area is 135 Å². The molecule has 0 atom stereocenters. The zero-order valence-electron chi connectivity index (χ0n) is 13.1. The molecule has 1 fully saturated rings. The Morgan fingerprint density at radius 3 is 2.48 bits per heavy atom. The lowest BCUT2D eigenvalue weighted by Crippen LogP contribution is -2.17. The van der Waals surface area contributed by atoms with Crippen molar-refractivity contribution in [1.82, 2.24) is 10.2 Å². The molecule has 1 amide bonds. The van der Waals surface area contributed by atoms with Gasteiger partial charge in [0, 0.05) is 6.04 Å². The van der Waals surface area contributed by atoms with Gasteiger partial charge in [-0.2, -0.15) is 0 Å². The van der Waals surface area contributed by atoms with Crippen LogP contribution in [0, 0.1) is 0 Å². The molecule has 1 aliphatic rings. The summed E-state index contributed by atoms with van der Waals surface area (Å²) in [6.07, 6.45) is 4.87. The largest absolute Gasteiger partial charge is 0.496 e. The summed E-state index contributed by atoms with van der Waals surface area (Å²) in [5.74, 6) is 1.41. The van der Waals surface area contributed by atoms with Gasteiger partial charge in [-0.15, -0.1) is 10.2 Å². The first-order valence-corrected chi connectivity index (χ1v) is 7.81. The molecule has 0 saturated heterocycles. The fraction of sp³-hybridized carbons (Fsp3) is 0.353. The summed E-state index contributed by atoms with van der Waals surface area (Å²) in [5, 5.41) is 14.3. The molecule has 1 saturated carbocycles. The van der Waals surface area contributed by atoms with E-state index in [2.05, 4.69) is 20.8 Å². The lowest BCUT2D eigenvalue weighted by molar-refractivity contribution is 0.102. The molecule has 2 aromatic rings. The van der Waals surface area contributed by atoms with Crippen LogP contribution in [0.1, 0.15) is 36.0 Å². The maximum absolute atomic E-state index is 12.3. The minimum atomic E-state index is -0.270. The molecule has 0 bridgehead atoms. The van der Waals surface area contributed by atoms with Gasteiger partial charge in [-0.05, 0) is 37.1 Å². The number of para-hydroxylation sites is 1. The Morgan fingerprint density at radius 2 is 1.78 bits per heavy atom. The third-order valence-corrected chi connectivity index (χ3v) is 3.96. The number of nitrogens with one attached hydrogen (secondary N) is 2. The van der Waals surface area contributed by atoms with Crippen LogP contribution in [0.3, 0.4) is 0 Å². The summed E-state index contributed by atoms with van der Waals surface area (Å²) in [5.41, 5.74) is 0.463. The molecule has 0 spiro atoms. The van der Waals surface area contributed by atoms with Crippen molar-refractivity contribution in [3.63, 3.8) is 0 Å². The Balaban J connectivity index is 1.64. The van der Waals surface area contributed by atoms with Crippen molar-refractivity contribution in [2.24, 2.45) is 0 Å². The molecule has 1 aliphatic carbocycles. The second-order valence-electron chi connectivity index (χ2n) is 5.58. The normalized spacial score (nSPS) is 14.5. The van der Waals surface area contributed by atoms with E-state index in [-0.39, 0.29) is 5.91 Å². The van der Waals surface area contributed by atoms with Gasteiger partial charge in [-0.1, -0.05) is 25.0 Å². The van der Waals surface area contributed by atoms with Crippen LogP contribution in [0.2, 0.25) is 0 Å². The summed E-state index contributed by atoms with van der Waals surface area (Å²) in [6, 6.07) is 11.1. The van der Waals surface area contributed by atoms with Crippen LogP contribution in [-0.2, 0) is 0 Å². The van der Waals surface area contributed by atoms with Crippen LogP contribution in [0.4, 0.5) is 11.6 Å². The minimum Gasteiger partial charge on any atom is -0.496 e. The molecule has 3 rings (SSSR count). The maximum atomic E-state index is 12.3. The number of carbonyl (C=O) groups is 1. The summed E-state index contributed by atoms with van der Waals surface area (Å²) >= 11 is 0. The second-order valence-corrected chi connectivity index (χ2v) is 5.58. The fourth-order valence-electron chi connectivity index (χ4n) is 2.77. The number of anilines is 2. The van der Waals surface area contributed by atoms with Crippen molar-refractivity contribution in [3.8, 4) is 5.75 Å². The molecular weight excluding hydrogens is 292 g/mol. The number of carbonyl (C=O) groups excluding carboxylic acids is 1. The van der Waals surface area contributed by atoms with Crippen LogP contribution in [0.5, 0.6) is 5.75 Å². The third kappa shape index (κ3) is 3.77. The van der Waals surface area contributed by atoms with Gasteiger partial charge in [-0.3, -0.25) is 4.79 Å². The van der Waals surface area contributed by atoms with Crippen LogP contribution >= 0.6 is 0 Å². The van der Waals surface area contributed by atoms with Gasteiger partial charge in [0.1, 0.15) is 11.6 Å². The highest BCUT2D eigenvalue weighted by Gasteiger charge is 2.16. The summed E-state index contributed by atoms with van der Waals surface area (Å²) in [7, 11) is 1.54. The third-order valence-electron chi connectivity index (χ3n) is 3.96. The maximum Gasteiger partial charge on any atom is 0.260 e. The topological polar surface area (TPSA) is 76.1 Å². The van der Waals surface area contributed by atoms with E-state index in [4.69, 9.17) is 4.74 Å². The number of hydrogen-bond donors (Lipinski definition) is 2. The molecule has 1 aromatic carbocycles. The van der Waals surface area contributed by atoms with Crippen LogP contribution in [-0.4, -0.2) is 29.3 Å². The number of rotatable bonds is 5. The second kappa shape index (κ2) is 7.09. The first-order valence-electron chi connectivity index (χ1n) is 7.81. The van der Waals surface area contributed by atoms with Crippen molar-refractivity contribution in [2.75, 3.05) is 17.7 Å². The van der Waals surface area contributed by atoms with E-state index < -0.39 is 0 Å². The molecular formula is C17H20N4O2. The standard InChI is InChI=1S/C17H20N4O2/c1-23-14-9-5-4-8-13(14)17(22)19-16-11-10-15(20-21-16)18-12-6-2-3-7-12/h4-5,8-12H,2-3,6-7H2,1H3,(H,18,20)(H,19,21,22). The van der Waals surface area contributed by atoms with E-state index in [0.717, 1.165) is 5.82 Å². The highest BCUT2D eigenvalue weighted by Crippen LogP contribution is 2.22. The van der Waals surface area contributed by atoms with E-state index >= 15 is 0 Å². The first-order chi connectivity index (χ1) is 11.3. The van der Waals surface area contributed by atoms with E-state index in [1.165, 1.54) is 32.8 Å². The summed E-state index contributed by atoms with van der Waals surface area (Å²) in [6.45, 7) is 0. The molecule has 1 heterocycles. The van der Waals surface area contributed by atoms with E-state index in [0.29, 0.717) is 23.2 Å². The zero-order valence-corrected chi connectivity index (χ0v) is 13.1. The van der Waals surface area contributed by atoms with Gasteiger partial charge >= 0.3 is 0 Å². The van der Waals surface area contributed by atoms with Crippen LogP contribution in [0.25, 0.3) is 0 Å². The average Bonchev–Trinajstić information content (AvgIpc) is 3.09. The van der Waals surface area contributed by atoms with E-state index in [1.807, 2.05) is 12.1 Å². The van der Waals surface area contributed by atoms with Gasteiger partial charge < -0.3 is 15.4 Å². The van der Waals surface area contributed by atoms with Crippen molar-refractivity contribution in [1.29, 1.82) is 0 Å². The fourth-order valence-corrected chi connectivity index (χ4v) is 2.77.